The summed E-state index contributed by atoms with van der Waals surface area (Å²) >= 11 is 1.30. The molecule has 3 rings (SSSR count). The van der Waals surface area contributed by atoms with Crippen molar-refractivity contribution in [2.75, 3.05) is 19.0 Å². The van der Waals surface area contributed by atoms with Crippen LogP contribution < -0.4 is 15.4 Å². The Morgan fingerprint density at radius 3 is 2.92 bits per heavy atom. The Balaban J connectivity index is 1.60. The Morgan fingerprint density at radius 1 is 1.46 bits per heavy atom. The van der Waals surface area contributed by atoms with Crippen LogP contribution in [0, 0.1) is 0 Å². The van der Waals surface area contributed by atoms with Crippen LogP contribution >= 0.6 is 11.3 Å². The summed E-state index contributed by atoms with van der Waals surface area (Å²) in [4.78, 5) is 15.9. The van der Waals surface area contributed by atoms with E-state index in [0.717, 1.165) is 11.3 Å². The van der Waals surface area contributed by atoms with Gasteiger partial charge in [0, 0.05) is 18.1 Å². The predicted octanol–water partition coefficient (Wildman–Crippen LogP) is 1.64. The molecule has 0 bridgehead atoms. The van der Waals surface area contributed by atoms with Gasteiger partial charge in [0.15, 0.2) is 5.13 Å². The third-order valence-electron chi connectivity index (χ3n) is 3.86. The van der Waals surface area contributed by atoms with Gasteiger partial charge >= 0.3 is 6.09 Å². The summed E-state index contributed by atoms with van der Waals surface area (Å²) in [5.41, 5.74) is 1.07. The van der Waals surface area contributed by atoms with Crippen LogP contribution in [0.2, 0.25) is 0 Å². The maximum atomic E-state index is 12.0. The molecule has 0 radical (unpaired) electrons. The SMILES string of the molecule is COc1ccc(C[C@H]2NC[C@H](O)[C@H]2OC(=O)Nc2nccs2)cc1. The zero-order valence-corrected chi connectivity index (χ0v) is 14.0. The second-order valence-electron chi connectivity index (χ2n) is 5.47. The van der Waals surface area contributed by atoms with E-state index in [-0.39, 0.29) is 6.04 Å². The summed E-state index contributed by atoms with van der Waals surface area (Å²) in [6.45, 7) is 0.385. The molecule has 128 valence electrons. The number of hydrogen-bond donors (Lipinski definition) is 3. The first-order valence-electron chi connectivity index (χ1n) is 7.57. The number of rotatable bonds is 5. The number of hydrogen-bond acceptors (Lipinski definition) is 7. The number of carbonyl (C=O) groups excluding carboxylic acids is 1. The standard InChI is InChI=1S/C16H19N3O4S/c1-22-11-4-2-10(3-5-11)8-12-14(13(20)9-18-12)23-16(21)19-15-17-6-7-24-15/h2-7,12-14,18,20H,8-9H2,1H3,(H,17,19,21)/t12-,13+,14+/m1/s1. The van der Waals surface area contributed by atoms with E-state index >= 15 is 0 Å². The van der Waals surface area contributed by atoms with E-state index in [4.69, 9.17) is 9.47 Å². The highest BCUT2D eigenvalue weighted by Crippen LogP contribution is 2.20. The zero-order chi connectivity index (χ0) is 16.9. The van der Waals surface area contributed by atoms with E-state index in [1.807, 2.05) is 24.3 Å². The van der Waals surface area contributed by atoms with Crippen LogP contribution in [0.25, 0.3) is 0 Å². The molecule has 1 aliphatic rings. The van der Waals surface area contributed by atoms with Crippen molar-refractivity contribution in [3.8, 4) is 5.75 Å². The third-order valence-corrected chi connectivity index (χ3v) is 4.55. The quantitative estimate of drug-likeness (QED) is 0.760. The van der Waals surface area contributed by atoms with Gasteiger partial charge in [-0.15, -0.1) is 11.3 Å². The number of nitrogens with zero attached hydrogens (tertiary/aromatic N) is 1. The second-order valence-corrected chi connectivity index (χ2v) is 6.36. The molecule has 0 spiro atoms. The molecule has 1 aromatic heterocycles. The predicted molar refractivity (Wildman–Crippen MR) is 90.5 cm³/mol. The van der Waals surface area contributed by atoms with Crippen molar-refractivity contribution < 1.29 is 19.4 Å². The average molecular weight is 349 g/mol. The van der Waals surface area contributed by atoms with Crippen molar-refractivity contribution >= 4 is 22.6 Å². The van der Waals surface area contributed by atoms with Gasteiger partial charge in [-0.3, -0.25) is 5.32 Å². The molecule has 1 fully saturated rings. The number of ether oxygens (including phenoxy) is 2. The molecule has 0 unspecified atom stereocenters. The molecular weight excluding hydrogens is 330 g/mol. The van der Waals surface area contributed by atoms with Crippen molar-refractivity contribution in [2.45, 2.75) is 24.7 Å². The van der Waals surface area contributed by atoms with Gasteiger partial charge in [-0.2, -0.15) is 0 Å². The minimum atomic E-state index is -0.740. The molecule has 0 saturated carbocycles. The van der Waals surface area contributed by atoms with E-state index in [9.17, 15) is 9.90 Å². The van der Waals surface area contributed by atoms with Gasteiger partial charge in [-0.1, -0.05) is 12.1 Å². The van der Waals surface area contributed by atoms with Gasteiger partial charge < -0.3 is 19.9 Å². The first-order valence-corrected chi connectivity index (χ1v) is 8.45. The number of benzene rings is 1. The van der Waals surface area contributed by atoms with Crippen molar-refractivity contribution in [1.82, 2.24) is 10.3 Å². The monoisotopic (exact) mass is 349 g/mol. The maximum absolute atomic E-state index is 12.0. The van der Waals surface area contributed by atoms with Crippen molar-refractivity contribution in [2.24, 2.45) is 0 Å². The highest BCUT2D eigenvalue weighted by molar-refractivity contribution is 7.13. The molecule has 1 amide bonds. The van der Waals surface area contributed by atoms with Gasteiger partial charge in [0.2, 0.25) is 0 Å². The highest BCUT2D eigenvalue weighted by Gasteiger charge is 2.37. The molecule has 1 aromatic carbocycles. The Morgan fingerprint density at radius 2 is 2.25 bits per heavy atom. The smallest absolute Gasteiger partial charge is 0.413 e. The number of carbonyl (C=O) groups is 1. The summed E-state index contributed by atoms with van der Waals surface area (Å²) in [6, 6.07) is 7.52. The van der Waals surface area contributed by atoms with Gasteiger partial charge in [-0.05, 0) is 24.1 Å². The summed E-state index contributed by atoms with van der Waals surface area (Å²) in [7, 11) is 1.62. The van der Waals surface area contributed by atoms with E-state index in [0.29, 0.717) is 18.1 Å². The topological polar surface area (TPSA) is 92.7 Å². The number of aliphatic hydroxyl groups excluding tert-OH is 1. The first kappa shape index (κ1) is 16.7. The number of aromatic nitrogens is 1. The summed E-state index contributed by atoms with van der Waals surface area (Å²) in [5.74, 6) is 0.786. The molecule has 8 heteroatoms. The minimum absolute atomic E-state index is 0.157. The van der Waals surface area contributed by atoms with Crippen LogP contribution in [0.5, 0.6) is 5.75 Å². The van der Waals surface area contributed by atoms with Crippen molar-refractivity contribution in [3.05, 3.63) is 41.4 Å². The number of β-amino-alcohol motifs (C(OH)–C–C–N with tert-alkyl or cyclic N) is 1. The Bertz CT molecular complexity index is 662. The van der Waals surface area contributed by atoms with E-state index in [2.05, 4.69) is 15.6 Å². The molecule has 3 N–H and O–H groups in total. The lowest BCUT2D eigenvalue weighted by atomic mass is 10.0. The average Bonchev–Trinajstić information content (AvgIpc) is 3.20. The van der Waals surface area contributed by atoms with Crippen LogP contribution in [0.4, 0.5) is 9.93 Å². The summed E-state index contributed by atoms with van der Waals surface area (Å²) < 4.78 is 10.5. The van der Waals surface area contributed by atoms with Gasteiger partial charge in [0.1, 0.15) is 18.0 Å². The van der Waals surface area contributed by atoms with Gasteiger partial charge in [0.05, 0.1) is 13.2 Å². The lowest BCUT2D eigenvalue weighted by molar-refractivity contribution is 0.0255. The minimum Gasteiger partial charge on any atom is -0.497 e. The van der Waals surface area contributed by atoms with Crippen molar-refractivity contribution in [3.63, 3.8) is 0 Å². The number of anilines is 1. The van der Waals surface area contributed by atoms with Crippen LogP contribution in [0.3, 0.4) is 0 Å². The molecular formula is C16H19N3O4S. The van der Waals surface area contributed by atoms with E-state index < -0.39 is 18.3 Å². The summed E-state index contributed by atoms with van der Waals surface area (Å²) in [5, 5.41) is 18.1. The number of amides is 1. The van der Waals surface area contributed by atoms with Crippen LogP contribution in [-0.2, 0) is 11.2 Å². The number of methoxy groups -OCH3 is 1. The molecule has 0 aliphatic carbocycles. The van der Waals surface area contributed by atoms with E-state index in [1.165, 1.54) is 11.3 Å². The number of aliphatic hydroxyl groups is 1. The Kier molecular flexibility index (Phi) is 5.29. The van der Waals surface area contributed by atoms with Crippen LogP contribution in [0.1, 0.15) is 5.56 Å². The molecule has 7 nitrogen and oxygen atoms in total. The molecule has 1 saturated heterocycles. The molecule has 24 heavy (non-hydrogen) atoms. The molecule has 2 heterocycles. The fourth-order valence-corrected chi connectivity index (χ4v) is 3.18. The second kappa shape index (κ2) is 7.61. The fourth-order valence-electron chi connectivity index (χ4n) is 2.66. The maximum Gasteiger partial charge on any atom is 0.413 e. The number of thiazole rings is 1. The fraction of sp³-hybridized carbons (Fsp3) is 0.375. The zero-order valence-electron chi connectivity index (χ0n) is 13.1. The van der Waals surface area contributed by atoms with E-state index in [1.54, 1.807) is 18.7 Å². The van der Waals surface area contributed by atoms with Crippen LogP contribution in [0.15, 0.2) is 35.8 Å². The Labute approximate surface area is 143 Å². The third kappa shape index (κ3) is 4.02. The number of nitrogens with one attached hydrogen (secondary N) is 2. The largest absolute Gasteiger partial charge is 0.497 e. The highest BCUT2D eigenvalue weighted by atomic mass is 32.1. The van der Waals surface area contributed by atoms with Gasteiger partial charge in [0.25, 0.3) is 0 Å². The Hall–Kier alpha value is -2.16. The lowest BCUT2D eigenvalue weighted by Gasteiger charge is -2.22. The molecule has 2 aromatic rings. The normalized spacial score (nSPS) is 23.0. The molecule has 3 atom stereocenters. The van der Waals surface area contributed by atoms with Crippen LogP contribution in [-0.4, -0.2) is 48.1 Å². The summed E-state index contributed by atoms with van der Waals surface area (Å²) in [6.07, 6.45) is 0.259. The first-order chi connectivity index (χ1) is 11.7. The lowest BCUT2D eigenvalue weighted by Crippen LogP contribution is -2.39. The molecule has 1 aliphatic heterocycles. The van der Waals surface area contributed by atoms with Gasteiger partial charge in [-0.25, -0.2) is 9.78 Å². The van der Waals surface area contributed by atoms with Crippen molar-refractivity contribution in [1.29, 1.82) is 0 Å².